The number of hydrogen-bond acceptors (Lipinski definition) is 7. The largest absolute Gasteiger partial charge is 0.390 e. The minimum absolute atomic E-state index is 0.0600. The summed E-state index contributed by atoms with van der Waals surface area (Å²) in [5.74, 6) is -0.0263. The average molecular weight is 496 g/mol. The highest BCUT2D eigenvalue weighted by Gasteiger charge is 2.35. The molecule has 0 unspecified atom stereocenters. The lowest BCUT2D eigenvalue weighted by molar-refractivity contribution is -0.129. The van der Waals surface area contributed by atoms with Gasteiger partial charge in [0.1, 0.15) is 17.0 Å². The first-order valence-electron chi connectivity index (χ1n) is 12.5. The minimum atomic E-state index is -0.583. The van der Waals surface area contributed by atoms with Gasteiger partial charge in [-0.15, -0.1) is 11.8 Å². The first-order chi connectivity index (χ1) is 17.0. The van der Waals surface area contributed by atoms with Gasteiger partial charge in [-0.3, -0.25) is 14.5 Å². The van der Waals surface area contributed by atoms with E-state index in [0.29, 0.717) is 24.0 Å². The van der Waals surface area contributed by atoms with Crippen LogP contribution in [0.3, 0.4) is 0 Å². The highest BCUT2D eigenvalue weighted by Crippen LogP contribution is 2.30. The number of hydrogen-bond donors (Lipinski definition) is 1. The first-order valence-corrected chi connectivity index (χ1v) is 13.4. The average Bonchev–Trinajstić information content (AvgIpc) is 2.88. The molecule has 0 bridgehead atoms. The van der Waals surface area contributed by atoms with Crippen LogP contribution in [0, 0.1) is 0 Å². The van der Waals surface area contributed by atoms with Crippen LogP contribution in [0.25, 0.3) is 0 Å². The Morgan fingerprint density at radius 2 is 1.74 bits per heavy atom. The zero-order valence-electron chi connectivity index (χ0n) is 20.2. The van der Waals surface area contributed by atoms with E-state index in [2.05, 4.69) is 39.1 Å². The maximum atomic E-state index is 13.2. The molecule has 2 atom stereocenters. The molecule has 1 aromatic carbocycles. The van der Waals surface area contributed by atoms with Crippen molar-refractivity contribution in [3.8, 4) is 0 Å². The quantitative estimate of drug-likeness (QED) is 0.651. The number of β-amino-alcohol motifs (C(OH)–C–C–N with tert-alkyl or cyclic N) is 1. The molecule has 3 aliphatic heterocycles. The van der Waals surface area contributed by atoms with Crippen LogP contribution in [0.1, 0.15) is 47.8 Å². The lowest BCUT2D eigenvalue weighted by atomic mass is 9.94. The van der Waals surface area contributed by atoms with Crippen molar-refractivity contribution < 1.29 is 14.7 Å². The second-order valence-corrected chi connectivity index (χ2v) is 11.0. The van der Waals surface area contributed by atoms with E-state index >= 15 is 0 Å². The van der Waals surface area contributed by atoms with Gasteiger partial charge in [-0.05, 0) is 36.8 Å². The number of aliphatic hydroxyl groups excluding tert-OH is 1. The molecule has 2 fully saturated rings. The van der Waals surface area contributed by atoms with Crippen LogP contribution in [-0.4, -0.2) is 91.7 Å². The molecule has 186 valence electrons. The van der Waals surface area contributed by atoms with Crippen LogP contribution in [0.5, 0.6) is 0 Å². The molecule has 2 aromatic rings. The maximum absolute atomic E-state index is 13.2. The number of thioether (sulfide) groups is 1. The minimum Gasteiger partial charge on any atom is -0.390 e. The van der Waals surface area contributed by atoms with E-state index in [-0.39, 0.29) is 17.9 Å². The van der Waals surface area contributed by atoms with Crippen LogP contribution >= 0.6 is 11.8 Å². The van der Waals surface area contributed by atoms with Gasteiger partial charge in [-0.1, -0.05) is 24.3 Å². The van der Waals surface area contributed by atoms with Gasteiger partial charge < -0.3 is 14.9 Å². The molecule has 0 saturated carbocycles. The predicted molar refractivity (Wildman–Crippen MR) is 134 cm³/mol. The number of amides is 2. The number of carbonyl (C=O) groups is 2. The van der Waals surface area contributed by atoms with Crippen LogP contribution in [0.4, 0.5) is 0 Å². The molecular weight excluding hydrogens is 462 g/mol. The van der Waals surface area contributed by atoms with Gasteiger partial charge in [0, 0.05) is 63.6 Å². The summed E-state index contributed by atoms with van der Waals surface area (Å²) in [6.45, 7) is 5.85. The van der Waals surface area contributed by atoms with Crippen LogP contribution < -0.4 is 0 Å². The molecule has 8 nitrogen and oxygen atoms in total. The van der Waals surface area contributed by atoms with E-state index in [1.165, 1.54) is 17.5 Å². The van der Waals surface area contributed by atoms with Gasteiger partial charge in [0.15, 0.2) is 0 Å². The number of carbonyl (C=O) groups excluding carboxylic acids is 2. The van der Waals surface area contributed by atoms with Crippen molar-refractivity contribution in [3.05, 3.63) is 53.5 Å². The van der Waals surface area contributed by atoms with Crippen molar-refractivity contribution in [1.29, 1.82) is 0 Å². The van der Waals surface area contributed by atoms with Gasteiger partial charge in [0.25, 0.3) is 5.91 Å². The molecule has 2 saturated heterocycles. The molecule has 0 radical (unpaired) electrons. The van der Waals surface area contributed by atoms with Crippen LogP contribution in [-0.2, 0) is 17.8 Å². The maximum Gasteiger partial charge on any atom is 0.272 e. The summed E-state index contributed by atoms with van der Waals surface area (Å²) in [5, 5.41) is 12.1. The second kappa shape index (κ2) is 10.6. The number of aromatic nitrogens is 2. The monoisotopic (exact) mass is 495 g/mol. The van der Waals surface area contributed by atoms with E-state index in [9.17, 15) is 14.7 Å². The van der Waals surface area contributed by atoms with Crippen molar-refractivity contribution >= 4 is 23.6 Å². The fourth-order valence-electron chi connectivity index (χ4n) is 5.47. The van der Waals surface area contributed by atoms with Crippen LogP contribution in [0.2, 0.25) is 0 Å². The number of rotatable bonds is 4. The van der Waals surface area contributed by atoms with Gasteiger partial charge in [0.2, 0.25) is 5.91 Å². The molecule has 2 amide bonds. The summed E-state index contributed by atoms with van der Waals surface area (Å²) in [5.41, 5.74) is 3.11. The van der Waals surface area contributed by atoms with Crippen molar-refractivity contribution in [3.63, 3.8) is 0 Å². The molecule has 1 aromatic heterocycles. The van der Waals surface area contributed by atoms with Gasteiger partial charge in [-0.2, -0.15) is 0 Å². The third-order valence-corrected chi connectivity index (χ3v) is 8.77. The zero-order chi connectivity index (χ0) is 24.4. The Morgan fingerprint density at radius 3 is 2.49 bits per heavy atom. The summed E-state index contributed by atoms with van der Waals surface area (Å²) in [4.78, 5) is 39.3. The Morgan fingerprint density at radius 1 is 1.00 bits per heavy atom. The van der Waals surface area contributed by atoms with E-state index in [1.54, 1.807) is 29.7 Å². The second-order valence-electron chi connectivity index (χ2n) is 9.73. The SMILES string of the molecule is CC(=O)N1CCC(Sc2cc(C(=O)N3CC[C@H](N4CCc5ccccc5C4)[C@@H](O)C3)ncn2)CC1. The topological polar surface area (TPSA) is 89.9 Å². The number of likely N-dealkylation sites (tertiary alicyclic amines) is 2. The lowest BCUT2D eigenvalue weighted by Gasteiger charge is -2.43. The summed E-state index contributed by atoms with van der Waals surface area (Å²) in [7, 11) is 0. The van der Waals surface area contributed by atoms with Gasteiger partial charge >= 0.3 is 0 Å². The standard InChI is InChI=1S/C26H33N5O3S/c1-18(32)29-11-7-21(8-12-29)35-25-14-22(27-17-28-25)26(34)31-13-9-23(24(33)16-31)30-10-6-19-4-2-3-5-20(19)15-30/h2-5,14,17,21,23-24,33H,6-13,15-16H2,1H3/t23-,24-/m0/s1. The van der Waals surface area contributed by atoms with Gasteiger partial charge in [-0.25, -0.2) is 9.97 Å². The predicted octanol–water partition coefficient (Wildman–Crippen LogP) is 2.21. The molecule has 0 spiro atoms. The Kier molecular flexibility index (Phi) is 7.36. The third kappa shape index (κ3) is 5.52. The molecule has 4 heterocycles. The van der Waals surface area contributed by atoms with E-state index in [1.807, 2.05) is 4.90 Å². The van der Waals surface area contributed by atoms with Crippen LogP contribution in [0.15, 0.2) is 41.7 Å². The molecule has 0 aliphatic carbocycles. The van der Waals surface area contributed by atoms with Crippen molar-refractivity contribution in [2.75, 3.05) is 32.7 Å². The highest BCUT2D eigenvalue weighted by molar-refractivity contribution is 7.99. The lowest BCUT2D eigenvalue weighted by Crippen LogP contribution is -2.56. The van der Waals surface area contributed by atoms with Gasteiger partial charge in [0.05, 0.1) is 6.10 Å². The van der Waals surface area contributed by atoms with Crippen molar-refractivity contribution in [2.45, 2.75) is 61.6 Å². The molecule has 35 heavy (non-hydrogen) atoms. The van der Waals surface area contributed by atoms with E-state index < -0.39 is 6.10 Å². The van der Waals surface area contributed by atoms with Crippen molar-refractivity contribution in [2.24, 2.45) is 0 Å². The molecule has 9 heteroatoms. The molecule has 5 rings (SSSR count). The Balaban J connectivity index is 1.17. The van der Waals surface area contributed by atoms with Crippen molar-refractivity contribution in [1.82, 2.24) is 24.7 Å². The zero-order valence-corrected chi connectivity index (χ0v) is 21.0. The number of benzene rings is 1. The molecule has 1 N–H and O–H groups in total. The van der Waals surface area contributed by atoms with E-state index in [0.717, 1.165) is 56.9 Å². The number of fused-ring (bicyclic) bond motifs is 1. The fourth-order valence-corrected chi connectivity index (χ4v) is 6.55. The summed E-state index contributed by atoms with van der Waals surface area (Å²) in [6.07, 6.45) is 4.44. The first kappa shape index (κ1) is 24.2. The molecule has 3 aliphatic rings. The summed E-state index contributed by atoms with van der Waals surface area (Å²) < 4.78 is 0. The Labute approximate surface area is 210 Å². The Bertz CT molecular complexity index is 1070. The van der Waals surface area contributed by atoms with E-state index in [4.69, 9.17) is 0 Å². The summed E-state index contributed by atoms with van der Waals surface area (Å²) in [6, 6.07) is 10.3. The Hall–Kier alpha value is -2.49. The number of nitrogens with zero attached hydrogens (tertiary/aromatic N) is 5. The normalized spacial score (nSPS) is 23.7. The highest BCUT2D eigenvalue weighted by atomic mass is 32.2. The summed E-state index contributed by atoms with van der Waals surface area (Å²) >= 11 is 1.65. The molecular formula is C26H33N5O3S. The third-order valence-electron chi connectivity index (χ3n) is 7.50. The fraction of sp³-hybridized carbons (Fsp3) is 0.538. The smallest absolute Gasteiger partial charge is 0.272 e. The number of aliphatic hydroxyl groups is 1. The number of piperidine rings is 2.